The van der Waals surface area contributed by atoms with E-state index in [1.54, 1.807) is 13.2 Å². The highest BCUT2D eigenvalue weighted by molar-refractivity contribution is 7.90. The molecule has 1 rings (SSSR count). The van der Waals surface area contributed by atoms with E-state index in [-0.39, 0.29) is 12.4 Å². The van der Waals surface area contributed by atoms with Crippen molar-refractivity contribution in [3.63, 3.8) is 0 Å². The summed E-state index contributed by atoms with van der Waals surface area (Å²) < 4.78 is 33.2. The summed E-state index contributed by atoms with van der Waals surface area (Å²) in [5.41, 5.74) is 0.964. The Labute approximate surface area is 121 Å². The van der Waals surface area contributed by atoms with Crippen molar-refractivity contribution in [3.8, 4) is 11.5 Å². The number of methoxy groups -OCH3 is 1. The van der Waals surface area contributed by atoms with Crippen molar-refractivity contribution in [1.29, 1.82) is 0 Å². The largest absolute Gasteiger partial charge is 0.493 e. The third-order valence-corrected chi connectivity index (χ3v) is 3.63. The van der Waals surface area contributed by atoms with Crippen LogP contribution in [0.2, 0.25) is 0 Å². The fourth-order valence-electron chi connectivity index (χ4n) is 1.72. The lowest BCUT2D eigenvalue weighted by Crippen LogP contribution is -2.17. The number of ether oxygens (including phenoxy) is 2. The Balaban J connectivity index is 2.78. The second kappa shape index (κ2) is 8.11. The molecular formula is C14H23NO4S. The third kappa shape index (κ3) is 5.79. The lowest BCUT2D eigenvalue weighted by molar-refractivity contribution is 0.307. The van der Waals surface area contributed by atoms with Gasteiger partial charge in [-0.2, -0.15) is 0 Å². The number of benzene rings is 1. The number of hydrogen-bond acceptors (Lipinski definition) is 5. The zero-order valence-corrected chi connectivity index (χ0v) is 13.1. The molecule has 0 aliphatic carbocycles. The molecule has 1 N–H and O–H groups in total. The number of para-hydroxylation sites is 1. The van der Waals surface area contributed by atoms with Gasteiger partial charge in [0, 0.05) is 18.4 Å². The highest BCUT2D eigenvalue weighted by atomic mass is 32.2. The summed E-state index contributed by atoms with van der Waals surface area (Å²) in [5.74, 6) is 1.23. The molecule has 0 aliphatic heterocycles. The molecule has 0 aliphatic rings. The minimum Gasteiger partial charge on any atom is -0.493 e. The van der Waals surface area contributed by atoms with E-state index in [1.807, 2.05) is 12.1 Å². The van der Waals surface area contributed by atoms with Crippen LogP contribution in [0.4, 0.5) is 0 Å². The predicted molar refractivity (Wildman–Crippen MR) is 80.2 cm³/mol. The molecule has 0 atom stereocenters. The molecule has 0 saturated carbocycles. The summed E-state index contributed by atoms with van der Waals surface area (Å²) >= 11 is 0. The van der Waals surface area contributed by atoms with Crippen LogP contribution in [0.15, 0.2) is 18.2 Å². The van der Waals surface area contributed by atoms with Crippen LogP contribution in [0.1, 0.15) is 18.9 Å². The van der Waals surface area contributed by atoms with Crippen LogP contribution < -0.4 is 14.8 Å². The lowest BCUT2D eigenvalue weighted by Gasteiger charge is -2.15. The van der Waals surface area contributed by atoms with Gasteiger partial charge in [0.15, 0.2) is 21.3 Å². The Bertz CT molecular complexity index is 514. The number of sulfone groups is 1. The standard InChI is InChI=1S/C14H23NO4S/c1-4-8-15-11-12-6-5-7-13(18-2)14(12)19-9-10-20(3,16)17/h5-7,15H,4,8-11H2,1-3H3. The maximum atomic E-state index is 11.1. The molecule has 5 nitrogen and oxygen atoms in total. The molecule has 0 fully saturated rings. The third-order valence-electron chi connectivity index (χ3n) is 2.72. The van der Waals surface area contributed by atoms with Gasteiger partial charge in [0.2, 0.25) is 0 Å². The monoisotopic (exact) mass is 301 g/mol. The molecule has 0 amide bonds. The molecule has 0 saturated heterocycles. The maximum Gasteiger partial charge on any atom is 0.165 e. The van der Waals surface area contributed by atoms with Crippen molar-refractivity contribution in [2.45, 2.75) is 19.9 Å². The van der Waals surface area contributed by atoms with E-state index in [1.165, 1.54) is 6.26 Å². The van der Waals surface area contributed by atoms with E-state index in [0.717, 1.165) is 18.5 Å². The predicted octanol–water partition coefficient (Wildman–Crippen LogP) is 1.62. The first-order chi connectivity index (χ1) is 9.48. The van der Waals surface area contributed by atoms with Crippen molar-refractivity contribution < 1.29 is 17.9 Å². The van der Waals surface area contributed by atoms with Gasteiger partial charge in [-0.15, -0.1) is 0 Å². The first kappa shape index (κ1) is 16.8. The van der Waals surface area contributed by atoms with Crippen molar-refractivity contribution in [3.05, 3.63) is 23.8 Å². The molecule has 1 aromatic carbocycles. The van der Waals surface area contributed by atoms with Crippen molar-refractivity contribution >= 4 is 9.84 Å². The van der Waals surface area contributed by atoms with E-state index >= 15 is 0 Å². The van der Waals surface area contributed by atoms with E-state index < -0.39 is 9.84 Å². The topological polar surface area (TPSA) is 64.6 Å². The Morgan fingerprint density at radius 2 is 2.05 bits per heavy atom. The SMILES string of the molecule is CCCNCc1cccc(OC)c1OCCS(C)(=O)=O. The minimum absolute atomic E-state index is 0.00707. The first-order valence-corrected chi connectivity index (χ1v) is 8.71. The molecule has 20 heavy (non-hydrogen) atoms. The molecule has 0 unspecified atom stereocenters. The van der Waals surface area contributed by atoms with Crippen LogP contribution in [0.5, 0.6) is 11.5 Å². The molecule has 0 bridgehead atoms. The molecule has 6 heteroatoms. The summed E-state index contributed by atoms with van der Waals surface area (Å²) in [4.78, 5) is 0. The first-order valence-electron chi connectivity index (χ1n) is 6.65. The van der Waals surface area contributed by atoms with Crippen LogP contribution in [-0.2, 0) is 16.4 Å². The zero-order chi connectivity index (χ0) is 15.0. The maximum absolute atomic E-state index is 11.1. The summed E-state index contributed by atoms with van der Waals surface area (Å²) in [5, 5.41) is 3.30. The van der Waals surface area contributed by atoms with Gasteiger partial charge in [-0.25, -0.2) is 8.42 Å². The van der Waals surface area contributed by atoms with E-state index in [0.29, 0.717) is 18.0 Å². The fourth-order valence-corrected chi connectivity index (χ4v) is 2.11. The normalized spacial score (nSPS) is 11.3. The molecule has 0 spiro atoms. The molecule has 0 aromatic heterocycles. The van der Waals surface area contributed by atoms with Gasteiger partial charge < -0.3 is 14.8 Å². The van der Waals surface area contributed by atoms with Crippen molar-refractivity contribution in [2.75, 3.05) is 32.3 Å². The summed E-state index contributed by atoms with van der Waals surface area (Å²) in [6.45, 7) is 3.81. The second-order valence-corrected chi connectivity index (χ2v) is 6.86. The summed E-state index contributed by atoms with van der Waals surface area (Å²) in [6.07, 6.45) is 2.25. The average Bonchev–Trinajstić information content (AvgIpc) is 2.39. The van der Waals surface area contributed by atoms with Crippen molar-refractivity contribution in [1.82, 2.24) is 5.32 Å². The van der Waals surface area contributed by atoms with Gasteiger partial charge in [0.05, 0.1) is 12.9 Å². The molecule has 0 radical (unpaired) electrons. The van der Waals surface area contributed by atoms with Crippen molar-refractivity contribution in [2.24, 2.45) is 0 Å². The number of hydrogen-bond donors (Lipinski definition) is 1. The lowest BCUT2D eigenvalue weighted by atomic mass is 10.2. The Hall–Kier alpha value is -1.27. The van der Waals surface area contributed by atoms with Crippen LogP contribution in [-0.4, -0.2) is 40.7 Å². The van der Waals surface area contributed by atoms with Crippen LogP contribution in [0, 0.1) is 0 Å². The average molecular weight is 301 g/mol. The van der Waals surface area contributed by atoms with E-state index in [9.17, 15) is 8.42 Å². The van der Waals surface area contributed by atoms with Gasteiger partial charge in [-0.1, -0.05) is 19.1 Å². The Kier molecular flexibility index (Phi) is 6.81. The number of rotatable bonds is 9. The second-order valence-electron chi connectivity index (χ2n) is 4.60. The van der Waals surface area contributed by atoms with Crippen LogP contribution >= 0.6 is 0 Å². The number of nitrogens with one attached hydrogen (secondary N) is 1. The van der Waals surface area contributed by atoms with Crippen LogP contribution in [0.3, 0.4) is 0 Å². The highest BCUT2D eigenvalue weighted by Gasteiger charge is 2.11. The summed E-state index contributed by atoms with van der Waals surface area (Å²) in [6, 6.07) is 5.64. The van der Waals surface area contributed by atoms with Gasteiger partial charge in [-0.3, -0.25) is 0 Å². The molecule has 114 valence electrons. The van der Waals surface area contributed by atoms with Gasteiger partial charge in [0.25, 0.3) is 0 Å². The Morgan fingerprint density at radius 1 is 1.30 bits per heavy atom. The van der Waals surface area contributed by atoms with Gasteiger partial charge >= 0.3 is 0 Å². The highest BCUT2D eigenvalue weighted by Crippen LogP contribution is 2.31. The quantitative estimate of drug-likeness (QED) is 0.702. The minimum atomic E-state index is -3.03. The zero-order valence-electron chi connectivity index (χ0n) is 12.3. The molecule has 0 heterocycles. The van der Waals surface area contributed by atoms with E-state index in [4.69, 9.17) is 9.47 Å². The fraction of sp³-hybridized carbons (Fsp3) is 0.571. The van der Waals surface area contributed by atoms with Gasteiger partial charge in [0.1, 0.15) is 6.61 Å². The molecule has 1 aromatic rings. The molecular weight excluding hydrogens is 278 g/mol. The van der Waals surface area contributed by atoms with Crippen LogP contribution in [0.25, 0.3) is 0 Å². The van der Waals surface area contributed by atoms with E-state index in [2.05, 4.69) is 12.2 Å². The smallest absolute Gasteiger partial charge is 0.165 e. The summed E-state index contributed by atoms with van der Waals surface area (Å²) in [7, 11) is -1.46. The Morgan fingerprint density at radius 3 is 2.65 bits per heavy atom. The van der Waals surface area contributed by atoms with Gasteiger partial charge in [-0.05, 0) is 19.0 Å².